The molecular weight excluding hydrogens is 597 g/mol. The number of amidine groups is 1. The molecule has 3 aromatic rings. The molecular formula is C24H15BrCl3N3O3S. The van der Waals surface area contributed by atoms with Gasteiger partial charge in [-0.3, -0.25) is 9.59 Å². The lowest BCUT2D eigenvalue weighted by atomic mass is 10.2. The van der Waals surface area contributed by atoms with Gasteiger partial charge < -0.3 is 15.4 Å². The average molecular weight is 612 g/mol. The van der Waals surface area contributed by atoms with Crippen LogP contribution in [-0.4, -0.2) is 23.6 Å². The van der Waals surface area contributed by atoms with Gasteiger partial charge in [0.2, 0.25) is 0 Å². The van der Waals surface area contributed by atoms with Crippen molar-refractivity contribution < 1.29 is 14.3 Å². The number of rotatable bonds is 6. The number of nitrogens with zero attached hydrogens (tertiary/aromatic N) is 1. The number of carbonyl (C=O) groups is 2. The van der Waals surface area contributed by atoms with Crippen molar-refractivity contribution in [1.29, 1.82) is 0 Å². The Morgan fingerprint density at radius 1 is 1.06 bits per heavy atom. The Labute approximate surface area is 228 Å². The van der Waals surface area contributed by atoms with E-state index in [2.05, 4.69) is 31.6 Å². The summed E-state index contributed by atoms with van der Waals surface area (Å²) in [7, 11) is 0. The van der Waals surface area contributed by atoms with E-state index in [1.54, 1.807) is 66.7 Å². The number of halogens is 4. The minimum Gasteiger partial charge on any atom is -0.483 e. The molecule has 1 aliphatic heterocycles. The van der Waals surface area contributed by atoms with Crippen LogP contribution in [0.4, 0.5) is 11.4 Å². The van der Waals surface area contributed by atoms with Gasteiger partial charge in [0, 0.05) is 10.7 Å². The van der Waals surface area contributed by atoms with Gasteiger partial charge in [0.25, 0.3) is 11.8 Å². The van der Waals surface area contributed by atoms with Gasteiger partial charge in [-0.2, -0.15) is 0 Å². The molecule has 2 N–H and O–H groups in total. The number of carbonyl (C=O) groups excluding carboxylic acids is 2. The molecule has 3 aromatic carbocycles. The van der Waals surface area contributed by atoms with Crippen molar-refractivity contribution in [2.24, 2.45) is 4.99 Å². The first-order valence-electron chi connectivity index (χ1n) is 9.99. The fraction of sp³-hybridized carbons (Fsp3) is 0.0417. The number of benzene rings is 3. The Morgan fingerprint density at radius 3 is 2.54 bits per heavy atom. The van der Waals surface area contributed by atoms with Gasteiger partial charge in [0.15, 0.2) is 11.8 Å². The second kappa shape index (κ2) is 11.5. The molecule has 0 radical (unpaired) electrons. The third-order valence-electron chi connectivity index (χ3n) is 4.52. The van der Waals surface area contributed by atoms with Gasteiger partial charge in [-0.1, -0.05) is 40.9 Å². The third-order valence-corrected chi connectivity index (χ3v) is 7.04. The van der Waals surface area contributed by atoms with Crippen molar-refractivity contribution >= 4 is 96.9 Å². The first kappa shape index (κ1) is 25.6. The van der Waals surface area contributed by atoms with Crippen LogP contribution in [-0.2, 0) is 9.59 Å². The summed E-state index contributed by atoms with van der Waals surface area (Å²) in [5.74, 6) is -0.115. The molecule has 1 heterocycles. The van der Waals surface area contributed by atoms with E-state index in [0.717, 1.165) is 5.56 Å². The van der Waals surface area contributed by atoms with E-state index < -0.39 is 0 Å². The van der Waals surface area contributed by atoms with Crippen LogP contribution in [0.1, 0.15) is 5.56 Å². The molecule has 1 aliphatic rings. The maximum atomic E-state index is 12.4. The lowest BCUT2D eigenvalue weighted by Crippen LogP contribution is -2.20. The van der Waals surface area contributed by atoms with E-state index in [1.807, 2.05) is 0 Å². The quantitative estimate of drug-likeness (QED) is 0.287. The van der Waals surface area contributed by atoms with Crippen molar-refractivity contribution in [3.8, 4) is 5.75 Å². The van der Waals surface area contributed by atoms with Gasteiger partial charge in [0.05, 0.1) is 25.1 Å². The van der Waals surface area contributed by atoms with Crippen molar-refractivity contribution in [2.75, 3.05) is 11.9 Å². The molecule has 0 aromatic heterocycles. The van der Waals surface area contributed by atoms with Gasteiger partial charge in [-0.25, -0.2) is 4.99 Å². The number of hydrogen-bond donors (Lipinski definition) is 2. The number of anilines is 1. The van der Waals surface area contributed by atoms with Crippen LogP contribution in [0.15, 0.2) is 75.0 Å². The predicted molar refractivity (Wildman–Crippen MR) is 147 cm³/mol. The van der Waals surface area contributed by atoms with Gasteiger partial charge in [0.1, 0.15) is 5.75 Å². The molecule has 1 fully saturated rings. The summed E-state index contributed by atoms with van der Waals surface area (Å²) in [6, 6.07) is 17.1. The van der Waals surface area contributed by atoms with E-state index in [9.17, 15) is 9.59 Å². The topological polar surface area (TPSA) is 79.8 Å². The molecule has 178 valence electrons. The highest BCUT2D eigenvalue weighted by atomic mass is 79.9. The standard InChI is InChI=1S/C24H15BrCl3N3O3S/c25-17-9-13(10-21-23(33)31-24(35-21)30-15-4-2-14(26)3-5-15)1-8-20(17)34-12-22(32)29-16-6-7-18(27)19(28)11-16/h1-11H,12H2,(H,29,32)(H,30,31,33)/b21-10+. The molecule has 2 amide bonds. The van der Waals surface area contributed by atoms with Crippen LogP contribution in [0.5, 0.6) is 5.75 Å². The number of aliphatic imine (C=N–C) groups is 1. The number of ether oxygens (including phenoxy) is 1. The lowest BCUT2D eigenvalue weighted by Gasteiger charge is -2.10. The average Bonchev–Trinajstić information content (AvgIpc) is 3.15. The zero-order valence-electron chi connectivity index (χ0n) is 17.7. The van der Waals surface area contributed by atoms with E-state index in [0.29, 0.717) is 46.7 Å². The van der Waals surface area contributed by atoms with Gasteiger partial charge >= 0.3 is 0 Å². The summed E-state index contributed by atoms with van der Waals surface area (Å²) in [6.45, 7) is -0.206. The van der Waals surface area contributed by atoms with Crippen LogP contribution in [0.2, 0.25) is 15.1 Å². The summed E-state index contributed by atoms with van der Waals surface area (Å²) >= 11 is 22.4. The summed E-state index contributed by atoms with van der Waals surface area (Å²) in [6.07, 6.45) is 1.75. The zero-order chi connectivity index (χ0) is 24.9. The van der Waals surface area contributed by atoms with Crippen LogP contribution in [0.25, 0.3) is 6.08 Å². The Bertz CT molecular complexity index is 1360. The molecule has 0 atom stereocenters. The third kappa shape index (κ3) is 7.02. The molecule has 4 rings (SSSR count). The molecule has 1 saturated heterocycles. The maximum Gasteiger partial charge on any atom is 0.264 e. The van der Waals surface area contributed by atoms with Crippen molar-refractivity contribution in [2.45, 2.75) is 0 Å². The highest BCUT2D eigenvalue weighted by Gasteiger charge is 2.24. The number of thioether (sulfide) groups is 1. The summed E-state index contributed by atoms with van der Waals surface area (Å²) < 4.78 is 6.24. The lowest BCUT2D eigenvalue weighted by molar-refractivity contribution is -0.118. The number of hydrogen-bond acceptors (Lipinski definition) is 5. The van der Waals surface area contributed by atoms with E-state index in [4.69, 9.17) is 39.5 Å². The molecule has 0 unspecified atom stereocenters. The van der Waals surface area contributed by atoms with Crippen LogP contribution < -0.4 is 15.4 Å². The first-order valence-corrected chi connectivity index (χ1v) is 12.7. The first-order chi connectivity index (χ1) is 16.8. The van der Waals surface area contributed by atoms with Crippen molar-refractivity contribution in [3.63, 3.8) is 0 Å². The van der Waals surface area contributed by atoms with Gasteiger partial charge in [-0.15, -0.1) is 0 Å². The Morgan fingerprint density at radius 2 is 1.83 bits per heavy atom. The molecule has 0 spiro atoms. The second-order valence-electron chi connectivity index (χ2n) is 7.11. The minimum atomic E-state index is -0.354. The van der Waals surface area contributed by atoms with Crippen LogP contribution >= 0.6 is 62.5 Å². The Hall–Kier alpha value is -2.49. The molecule has 35 heavy (non-hydrogen) atoms. The SMILES string of the molecule is O=C(COc1ccc(/C=C2/SC(=Nc3ccc(Cl)cc3)NC2=O)cc1Br)Nc1ccc(Cl)c(Cl)c1. The molecule has 0 aliphatic carbocycles. The molecule has 0 saturated carbocycles. The van der Waals surface area contributed by atoms with Crippen molar-refractivity contribution in [3.05, 3.63) is 90.7 Å². The predicted octanol–water partition coefficient (Wildman–Crippen LogP) is 7.32. The minimum absolute atomic E-state index is 0.206. The van der Waals surface area contributed by atoms with Crippen LogP contribution in [0.3, 0.4) is 0 Å². The summed E-state index contributed by atoms with van der Waals surface area (Å²) in [5, 5.41) is 7.28. The number of amides is 2. The second-order valence-corrected chi connectivity index (χ2v) is 10.2. The Kier molecular flexibility index (Phi) is 8.41. The molecule has 0 bridgehead atoms. The van der Waals surface area contributed by atoms with Crippen molar-refractivity contribution in [1.82, 2.24) is 5.32 Å². The maximum absolute atomic E-state index is 12.4. The fourth-order valence-electron chi connectivity index (χ4n) is 2.90. The van der Waals surface area contributed by atoms with E-state index >= 15 is 0 Å². The van der Waals surface area contributed by atoms with Crippen LogP contribution in [0, 0.1) is 0 Å². The highest BCUT2D eigenvalue weighted by Crippen LogP contribution is 2.31. The summed E-state index contributed by atoms with van der Waals surface area (Å²) in [4.78, 5) is 29.5. The zero-order valence-corrected chi connectivity index (χ0v) is 22.3. The van der Waals surface area contributed by atoms with E-state index in [1.165, 1.54) is 11.8 Å². The molecule has 11 heteroatoms. The monoisotopic (exact) mass is 609 g/mol. The highest BCUT2D eigenvalue weighted by molar-refractivity contribution is 9.10. The normalized spacial score (nSPS) is 15.4. The molecule has 6 nitrogen and oxygen atoms in total. The Balaban J connectivity index is 1.37. The van der Waals surface area contributed by atoms with E-state index in [-0.39, 0.29) is 18.4 Å². The number of nitrogens with one attached hydrogen (secondary N) is 2. The fourth-order valence-corrected chi connectivity index (χ4v) is 4.68. The summed E-state index contributed by atoms with van der Waals surface area (Å²) in [5.41, 5.74) is 1.97. The largest absolute Gasteiger partial charge is 0.483 e. The van der Waals surface area contributed by atoms with Gasteiger partial charge in [-0.05, 0) is 93.9 Å². The smallest absolute Gasteiger partial charge is 0.264 e.